The highest BCUT2D eigenvalue weighted by Crippen LogP contribution is 2.29. The van der Waals surface area contributed by atoms with E-state index >= 15 is 0 Å². The molecule has 0 aliphatic rings. The Morgan fingerprint density at radius 3 is 2.38 bits per heavy atom. The van der Waals surface area contributed by atoms with Crippen molar-refractivity contribution in [1.82, 2.24) is 25.5 Å². The number of carbonyl (C=O) groups excluding carboxylic acids is 2. The summed E-state index contributed by atoms with van der Waals surface area (Å²) in [6.07, 6.45) is 0.0535. The first-order valence-electron chi connectivity index (χ1n) is 11.7. The van der Waals surface area contributed by atoms with Crippen molar-refractivity contribution >= 4 is 17.5 Å². The molecule has 0 radical (unpaired) electrons. The van der Waals surface area contributed by atoms with Gasteiger partial charge in [0.2, 0.25) is 11.8 Å². The summed E-state index contributed by atoms with van der Waals surface area (Å²) in [5.74, 6) is 1.48. The lowest BCUT2D eigenvalue weighted by atomic mass is 10.1. The lowest BCUT2D eigenvalue weighted by Crippen LogP contribution is -2.25. The molecule has 0 aliphatic heterocycles. The normalized spacial score (nSPS) is 10.7. The topological polar surface area (TPSA) is 126 Å². The number of benzene rings is 3. The molecule has 184 valence electrons. The van der Waals surface area contributed by atoms with Crippen molar-refractivity contribution in [3.63, 3.8) is 0 Å². The Morgan fingerprint density at radius 2 is 1.59 bits per heavy atom. The molecule has 9 heteroatoms. The molecule has 0 unspecified atom stereocenters. The predicted octanol–water partition coefficient (Wildman–Crippen LogP) is 4.55. The minimum Gasteiger partial charge on any atom is -0.441 e. The highest BCUT2D eigenvalue weighted by molar-refractivity contribution is 6.05. The Morgan fingerprint density at radius 1 is 0.892 bits per heavy atom. The van der Waals surface area contributed by atoms with Crippen LogP contribution in [0, 0.1) is 6.92 Å². The van der Waals surface area contributed by atoms with E-state index in [9.17, 15) is 9.59 Å². The summed E-state index contributed by atoms with van der Waals surface area (Å²) in [4.78, 5) is 34.2. The number of aryl methyl sites for hydroxylation is 1. The molecule has 2 aromatic heterocycles. The van der Waals surface area contributed by atoms with Gasteiger partial charge >= 0.3 is 0 Å². The molecule has 0 fully saturated rings. The molecule has 2 amide bonds. The Kier molecular flexibility index (Phi) is 6.84. The van der Waals surface area contributed by atoms with Gasteiger partial charge in [-0.25, -0.2) is 9.97 Å². The van der Waals surface area contributed by atoms with Crippen LogP contribution in [0.1, 0.15) is 27.6 Å². The molecule has 3 N–H and O–H groups in total. The van der Waals surface area contributed by atoms with Crippen molar-refractivity contribution < 1.29 is 14.0 Å². The third-order valence-corrected chi connectivity index (χ3v) is 5.68. The number of H-pyrrole nitrogens is 1. The Hall–Kier alpha value is -5.05. The highest BCUT2D eigenvalue weighted by atomic mass is 16.4. The third-order valence-electron chi connectivity index (χ3n) is 5.68. The molecule has 0 saturated heterocycles. The van der Waals surface area contributed by atoms with Gasteiger partial charge < -0.3 is 15.1 Å². The highest BCUT2D eigenvalue weighted by Gasteiger charge is 2.17. The number of hydrogen-bond donors (Lipinski definition) is 3. The van der Waals surface area contributed by atoms with Crippen LogP contribution in [0.5, 0.6) is 0 Å². The molecule has 2 heterocycles. The largest absolute Gasteiger partial charge is 0.441 e. The van der Waals surface area contributed by atoms with E-state index in [0.29, 0.717) is 45.8 Å². The number of rotatable bonds is 8. The van der Waals surface area contributed by atoms with Crippen LogP contribution < -0.4 is 10.6 Å². The van der Waals surface area contributed by atoms with E-state index in [2.05, 4.69) is 30.8 Å². The Labute approximate surface area is 213 Å². The zero-order valence-electron chi connectivity index (χ0n) is 20.1. The van der Waals surface area contributed by atoms with Crippen molar-refractivity contribution in [2.24, 2.45) is 0 Å². The monoisotopic (exact) mass is 492 g/mol. The molecule has 0 aliphatic carbocycles. The van der Waals surface area contributed by atoms with E-state index in [0.717, 1.165) is 5.56 Å². The maximum absolute atomic E-state index is 12.7. The third kappa shape index (κ3) is 5.62. The number of para-hydroxylation sites is 1. The molecule has 5 rings (SSSR count). The quantitative estimate of drug-likeness (QED) is 0.292. The lowest BCUT2D eigenvalue weighted by Gasteiger charge is -2.08. The van der Waals surface area contributed by atoms with E-state index in [1.54, 1.807) is 25.1 Å². The lowest BCUT2D eigenvalue weighted by molar-refractivity contribution is -0.120. The second kappa shape index (κ2) is 10.7. The number of nitrogens with one attached hydrogen (secondary N) is 3. The van der Waals surface area contributed by atoms with E-state index in [1.165, 1.54) is 0 Å². The summed E-state index contributed by atoms with van der Waals surface area (Å²) in [6.45, 7) is 1.97. The van der Waals surface area contributed by atoms with Crippen LogP contribution in [0.2, 0.25) is 0 Å². The van der Waals surface area contributed by atoms with E-state index in [1.807, 2.05) is 66.7 Å². The van der Waals surface area contributed by atoms with Gasteiger partial charge in [0.25, 0.3) is 5.91 Å². The molecule has 37 heavy (non-hydrogen) atoms. The number of aromatic nitrogens is 4. The second-order valence-corrected chi connectivity index (χ2v) is 8.31. The fraction of sp³-hybridized carbons (Fsp3) is 0.107. The first-order valence-corrected chi connectivity index (χ1v) is 11.7. The van der Waals surface area contributed by atoms with Crippen molar-refractivity contribution in [3.05, 3.63) is 108 Å². The number of nitrogens with zero attached hydrogens (tertiary/aromatic N) is 3. The second-order valence-electron chi connectivity index (χ2n) is 8.31. The smallest absolute Gasteiger partial charge is 0.255 e. The summed E-state index contributed by atoms with van der Waals surface area (Å²) >= 11 is 0. The molecule has 0 saturated carbocycles. The van der Waals surface area contributed by atoms with Gasteiger partial charge in [-0.15, -0.1) is 0 Å². The molecular weight excluding hydrogens is 468 g/mol. The van der Waals surface area contributed by atoms with E-state index in [-0.39, 0.29) is 24.8 Å². The van der Waals surface area contributed by atoms with Gasteiger partial charge in [0, 0.05) is 11.1 Å². The predicted molar refractivity (Wildman–Crippen MR) is 138 cm³/mol. The summed E-state index contributed by atoms with van der Waals surface area (Å²) in [7, 11) is 0. The summed E-state index contributed by atoms with van der Waals surface area (Å²) in [6, 6.07) is 25.8. The SMILES string of the molecule is Cc1oc(-c2ccccc2NC(=O)c2ccccc2)nc1CNC(=O)Cc1nc(-c2ccccc2)n[nH]1. The first kappa shape index (κ1) is 23.7. The molecule has 3 aromatic carbocycles. The van der Waals surface area contributed by atoms with Crippen LogP contribution in [0.25, 0.3) is 22.8 Å². The van der Waals surface area contributed by atoms with Crippen LogP contribution in [-0.4, -0.2) is 32.0 Å². The number of oxazole rings is 1. The zero-order chi connectivity index (χ0) is 25.6. The van der Waals surface area contributed by atoms with E-state index < -0.39 is 0 Å². The van der Waals surface area contributed by atoms with Gasteiger partial charge in [-0.1, -0.05) is 60.7 Å². The average molecular weight is 493 g/mol. The Balaban J connectivity index is 1.24. The van der Waals surface area contributed by atoms with E-state index in [4.69, 9.17) is 4.42 Å². The first-order chi connectivity index (χ1) is 18.1. The van der Waals surface area contributed by atoms with Crippen molar-refractivity contribution in [2.45, 2.75) is 19.9 Å². The number of anilines is 1. The van der Waals surface area contributed by atoms with Crippen LogP contribution in [0.15, 0.2) is 89.3 Å². The number of carbonyl (C=O) groups is 2. The molecule has 5 aromatic rings. The number of aromatic amines is 1. The minimum absolute atomic E-state index is 0.0535. The maximum atomic E-state index is 12.7. The maximum Gasteiger partial charge on any atom is 0.255 e. The Bertz CT molecular complexity index is 1530. The van der Waals surface area contributed by atoms with Gasteiger partial charge in [0.15, 0.2) is 5.82 Å². The van der Waals surface area contributed by atoms with Crippen molar-refractivity contribution in [1.29, 1.82) is 0 Å². The van der Waals surface area contributed by atoms with Crippen LogP contribution >= 0.6 is 0 Å². The van der Waals surface area contributed by atoms with Gasteiger partial charge in [-0.2, -0.15) is 5.10 Å². The average Bonchev–Trinajstić information content (AvgIpc) is 3.55. The zero-order valence-corrected chi connectivity index (χ0v) is 20.1. The fourth-order valence-corrected chi connectivity index (χ4v) is 3.76. The summed E-state index contributed by atoms with van der Waals surface area (Å²) < 4.78 is 5.89. The molecular formula is C28H24N6O3. The van der Waals surface area contributed by atoms with Gasteiger partial charge in [0.05, 0.1) is 24.2 Å². The number of hydrogen-bond acceptors (Lipinski definition) is 6. The molecule has 0 spiro atoms. The molecule has 0 bridgehead atoms. The summed E-state index contributed by atoms with van der Waals surface area (Å²) in [5.41, 5.74) is 3.23. The van der Waals surface area contributed by atoms with Gasteiger partial charge in [-0.3, -0.25) is 14.7 Å². The van der Waals surface area contributed by atoms with Crippen LogP contribution in [0.3, 0.4) is 0 Å². The number of amides is 2. The molecule has 0 atom stereocenters. The fourth-order valence-electron chi connectivity index (χ4n) is 3.76. The van der Waals surface area contributed by atoms with Crippen molar-refractivity contribution in [2.75, 3.05) is 5.32 Å². The molecule has 9 nitrogen and oxygen atoms in total. The standard InChI is InChI=1S/C28H24N6O3/c1-18-23(17-29-25(35)16-24-32-26(34-33-24)19-10-4-2-5-11-19)31-28(37-18)21-14-8-9-15-22(21)30-27(36)20-12-6-3-7-13-20/h2-15H,16-17H2,1H3,(H,29,35)(H,30,36)(H,32,33,34). The van der Waals surface area contributed by atoms with Crippen molar-refractivity contribution in [3.8, 4) is 22.8 Å². The summed E-state index contributed by atoms with van der Waals surface area (Å²) in [5, 5.41) is 12.8. The van der Waals surface area contributed by atoms with Crippen LogP contribution in [-0.2, 0) is 17.8 Å². The van der Waals surface area contributed by atoms with Gasteiger partial charge in [0.1, 0.15) is 17.3 Å². The van der Waals surface area contributed by atoms with Gasteiger partial charge in [-0.05, 0) is 31.2 Å². The minimum atomic E-state index is -0.230. The van der Waals surface area contributed by atoms with Crippen LogP contribution in [0.4, 0.5) is 5.69 Å².